The molecule has 0 amide bonds. The Kier molecular flexibility index (Phi) is 5.77. The van der Waals surface area contributed by atoms with Crippen molar-refractivity contribution in [2.75, 3.05) is 20.6 Å². The predicted octanol–water partition coefficient (Wildman–Crippen LogP) is -0.846. The maximum absolute atomic E-state index is 11.9. The van der Waals surface area contributed by atoms with Crippen LogP contribution in [0.3, 0.4) is 0 Å². The lowest BCUT2D eigenvalue weighted by atomic mass is 9.85. The topological polar surface area (TPSA) is 121 Å². The van der Waals surface area contributed by atoms with Crippen molar-refractivity contribution in [2.24, 2.45) is 5.73 Å². The van der Waals surface area contributed by atoms with E-state index in [4.69, 9.17) is 10.8 Å². The van der Waals surface area contributed by atoms with Crippen molar-refractivity contribution in [1.29, 1.82) is 0 Å². The quantitative estimate of drug-likeness (QED) is 0.477. The molecule has 0 aromatic heterocycles. The highest BCUT2D eigenvalue weighted by Crippen LogP contribution is 2.22. The summed E-state index contributed by atoms with van der Waals surface area (Å²) in [5.41, 5.74) is 3.43. The number of carbonyl (C=O) groups excluding carboxylic acids is 1. The van der Waals surface area contributed by atoms with Gasteiger partial charge in [-0.15, -0.1) is 0 Å². The first-order valence-corrected chi connectivity index (χ1v) is 5.15. The number of hydrogen-bond donors (Lipinski definition) is 3. The maximum Gasteiger partial charge on any atom is 0.331 e. The number of carbonyl (C=O) groups is 3. The van der Waals surface area contributed by atoms with Crippen LogP contribution in [0.4, 0.5) is 0 Å². The number of ketones is 1. The number of carboxylic acids is 2. The number of Topliss-reactive ketones (excluding diaryl/α,β-unsaturated/α-hetero) is 1. The minimum atomic E-state index is -1.81. The molecule has 0 radical (unpaired) electrons. The molecule has 0 aromatic rings. The van der Waals surface area contributed by atoms with Crippen LogP contribution < -0.4 is 5.73 Å². The van der Waals surface area contributed by atoms with E-state index in [-0.39, 0.29) is 25.8 Å². The molecule has 0 saturated heterocycles. The fraction of sp³-hybridized carbons (Fsp3) is 0.700. The maximum atomic E-state index is 11.9. The SMILES string of the molecule is CN(C)[C@@](CCC(=O)O)(C(=O)O)C(=O)CCN. The summed E-state index contributed by atoms with van der Waals surface area (Å²) in [4.78, 5) is 34.9. The molecule has 0 aliphatic rings. The molecule has 0 aliphatic carbocycles. The molecule has 4 N–H and O–H groups in total. The molecule has 98 valence electrons. The highest BCUT2D eigenvalue weighted by molar-refractivity contribution is 6.08. The fourth-order valence-corrected chi connectivity index (χ4v) is 1.66. The molecule has 0 aliphatic heterocycles. The van der Waals surface area contributed by atoms with Gasteiger partial charge in [0.15, 0.2) is 11.3 Å². The Morgan fingerprint density at radius 2 is 1.71 bits per heavy atom. The first-order valence-electron chi connectivity index (χ1n) is 5.15. The average Bonchev–Trinajstić information content (AvgIpc) is 2.17. The van der Waals surface area contributed by atoms with Gasteiger partial charge in [0.05, 0.1) is 0 Å². The number of hydrogen-bond acceptors (Lipinski definition) is 5. The average molecular weight is 246 g/mol. The third kappa shape index (κ3) is 3.50. The Morgan fingerprint density at radius 1 is 1.18 bits per heavy atom. The molecule has 0 saturated carbocycles. The van der Waals surface area contributed by atoms with E-state index in [0.717, 1.165) is 0 Å². The summed E-state index contributed by atoms with van der Waals surface area (Å²) >= 11 is 0. The largest absolute Gasteiger partial charge is 0.481 e. The van der Waals surface area contributed by atoms with Crippen LogP contribution in [-0.4, -0.2) is 59.0 Å². The monoisotopic (exact) mass is 246 g/mol. The van der Waals surface area contributed by atoms with Gasteiger partial charge in [0, 0.05) is 12.8 Å². The van der Waals surface area contributed by atoms with Crippen molar-refractivity contribution in [3.05, 3.63) is 0 Å². The second-order valence-electron chi connectivity index (χ2n) is 3.92. The Labute approximate surface area is 99.2 Å². The molecule has 17 heavy (non-hydrogen) atoms. The predicted molar refractivity (Wildman–Crippen MR) is 59.6 cm³/mol. The molecule has 7 nitrogen and oxygen atoms in total. The summed E-state index contributed by atoms with van der Waals surface area (Å²) in [7, 11) is 2.87. The first kappa shape index (κ1) is 15.5. The van der Waals surface area contributed by atoms with Crippen LogP contribution in [0.25, 0.3) is 0 Å². The van der Waals surface area contributed by atoms with Crippen LogP contribution in [-0.2, 0) is 14.4 Å². The van der Waals surface area contributed by atoms with E-state index < -0.39 is 23.3 Å². The van der Waals surface area contributed by atoms with E-state index >= 15 is 0 Å². The van der Waals surface area contributed by atoms with E-state index in [0.29, 0.717) is 0 Å². The van der Waals surface area contributed by atoms with Gasteiger partial charge in [0.2, 0.25) is 0 Å². The summed E-state index contributed by atoms with van der Waals surface area (Å²) in [6, 6.07) is 0. The second-order valence-corrected chi connectivity index (χ2v) is 3.92. The Hall–Kier alpha value is -1.47. The van der Waals surface area contributed by atoms with Crippen LogP contribution in [0.1, 0.15) is 19.3 Å². The van der Waals surface area contributed by atoms with Gasteiger partial charge in [-0.05, 0) is 27.1 Å². The summed E-state index contributed by atoms with van der Waals surface area (Å²) in [5.74, 6) is -3.06. The van der Waals surface area contributed by atoms with Gasteiger partial charge in [-0.3, -0.25) is 14.5 Å². The second kappa shape index (κ2) is 6.31. The number of aliphatic carboxylic acids is 2. The van der Waals surface area contributed by atoms with Gasteiger partial charge in [-0.1, -0.05) is 0 Å². The Morgan fingerprint density at radius 3 is 2.00 bits per heavy atom. The third-order valence-electron chi connectivity index (χ3n) is 2.65. The van der Waals surface area contributed by atoms with Crippen LogP contribution in [0.15, 0.2) is 0 Å². The molecule has 0 heterocycles. The summed E-state index contributed by atoms with van der Waals surface area (Å²) in [6.07, 6.45) is -0.756. The number of nitrogens with zero attached hydrogens (tertiary/aromatic N) is 1. The number of rotatable bonds is 8. The van der Waals surface area contributed by atoms with Crippen molar-refractivity contribution < 1.29 is 24.6 Å². The molecule has 7 heteroatoms. The zero-order valence-corrected chi connectivity index (χ0v) is 9.97. The van der Waals surface area contributed by atoms with Gasteiger partial charge in [-0.2, -0.15) is 0 Å². The highest BCUT2D eigenvalue weighted by Gasteiger charge is 2.47. The van der Waals surface area contributed by atoms with Crippen molar-refractivity contribution in [3.8, 4) is 0 Å². The summed E-state index contributed by atoms with van der Waals surface area (Å²) in [6.45, 7) is 0.0365. The number of nitrogens with two attached hydrogens (primary N) is 1. The van der Waals surface area contributed by atoms with Crippen LogP contribution >= 0.6 is 0 Å². The summed E-state index contributed by atoms with van der Waals surface area (Å²) < 4.78 is 0. The fourth-order valence-electron chi connectivity index (χ4n) is 1.66. The van der Waals surface area contributed by atoms with E-state index in [9.17, 15) is 19.5 Å². The molecule has 0 unspecified atom stereocenters. The number of carboxylic acid groups (broad SMARTS) is 2. The van der Waals surface area contributed by atoms with E-state index in [1.54, 1.807) is 0 Å². The molecule has 0 rings (SSSR count). The van der Waals surface area contributed by atoms with E-state index in [2.05, 4.69) is 0 Å². The van der Waals surface area contributed by atoms with Crippen molar-refractivity contribution in [2.45, 2.75) is 24.8 Å². The lowest BCUT2D eigenvalue weighted by Crippen LogP contribution is -2.57. The smallest absolute Gasteiger partial charge is 0.331 e. The minimum absolute atomic E-state index is 0.0365. The lowest BCUT2D eigenvalue weighted by Gasteiger charge is -2.34. The van der Waals surface area contributed by atoms with Gasteiger partial charge >= 0.3 is 11.9 Å². The third-order valence-corrected chi connectivity index (χ3v) is 2.65. The van der Waals surface area contributed by atoms with Gasteiger partial charge < -0.3 is 15.9 Å². The van der Waals surface area contributed by atoms with Crippen molar-refractivity contribution >= 4 is 17.7 Å². The first-order chi connectivity index (χ1) is 7.78. The minimum Gasteiger partial charge on any atom is -0.481 e. The van der Waals surface area contributed by atoms with Crippen molar-refractivity contribution in [3.63, 3.8) is 0 Å². The molecule has 0 fully saturated rings. The molecular formula is C10H18N2O5. The molecule has 0 spiro atoms. The highest BCUT2D eigenvalue weighted by atomic mass is 16.4. The summed E-state index contributed by atoms with van der Waals surface area (Å²) in [5, 5.41) is 17.8. The Bertz CT molecular complexity index is 316. The van der Waals surface area contributed by atoms with Gasteiger partial charge in [-0.25, -0.2) is 4.79 Å². The van der Waals surface area contributed by atoms with Crippen LogP contribution in [0.5, 0.6) is 0 Å². The van der Waals surface area contributed by atoms with Crippen molar-refractivity contribution in [1.82, 2.24) is 4.90 Å². The molecule has 0 aromatic carbocycles. The van der Waals surface area contributed by atoms with Crippen LogP contribution in [0.2, 0.25) is 0 Å². The molecule has 0 bridgehead atoms. The standard InChI is InChI=1S/C10H18N2O5/c1-12(2)10(9(16)17,5-3-8(14)15)7(13)4-6-11/h3-6,11H2,1-2H3,(H,14,15)(H,16,17)/t10-/m1/s1. The van der Waals surface area contributed by atoms with Gasteiger partial charge in [0.25, 0.3) is 0 Å². The zero-order chi connectivity index (χ0) is 13.6. The molecular weight excluding hydrogens is 228 g/mol. The zero-order valence-electron chi connectivity index (χ0n) is 9.97. The Balaban J connectivity index is 5.20. The van der Waals surface area contributed by atoms with E-state index in [1.807, 2.05) is 0 Å². The number of likely N-dealkylation sites (N-methyl/N-ethyl adjacent to an activating group) is 1. The normalized spacial score (nSPS) is 14.4. The van der Waals surface area contributed by atoms with E-state index in [1.165, 1.54) is 19.0 Å². The van der Waals surface area contributed by atoms with Gasteiger partial charge in [0.1, 0.15) is 0 Å². The lowest BCUT2D eigenvalue weighted by molar-refractivity contribution is -0.157. The van der Waals surface area contributed by atoms with Crippen LogP contribution in [0, 0.1) is 0 Å². The molecule has 1 atom stereocenters.